The van der Waals surface area contributed by atoms with Gasteiger partial charge in [0, 0.05) is 12.8 Å². The molecular weight excluding hydrogens is 290 g/mol. The van der Waals surface area contributed by atoms with Gasteiger partial charge in [0.05, 0.1) is 19.6 Å². The van der Waals surface area contributed by atoms with Crippen molar-refractivity contribution in [1.82, 2.24) is 0 Å². The highest BCUT2D eigenvalue weighted by molar-refractivity contribution is 4.84. The first-order valence-electron chi connectivity index (χ1n) is 11.1. The minimum Gasteiger partial charge on any atom is -0.314 e. The van der Waals surface area contributed by atoms with E-state index < -0.39 is 0 Å². The van der Waals surface area contributed by atoms with Crippen molar-refractivity contribution in [2.45, 2.75) is 110 Å². The first-order chi connectivity index (χ1) is 11.8. The number of nitrogens with zero attached hydrogens (tertiary/aromatic N) is 1. The molecule has 1 heterocycles. The van der Waals surface area contributed by atoms with Crippen LogP contribution in [0.4, 0.5) is 0 Å². The molecule has 24 heavy (non-hydrogen) atoms. The normalized spacial score (nSPS) is 16.3. The SMILES string of the molecule is C#CC[N+]1(CCCCCCCCCCCCCCCC)CCCC1. The van der Waals surface area contributed by atoms with E-state index in [0.29, 0.717) is 0 Å². The topological polar surface area (TPSA) is 0 Å². The molecule has 0 aliphatic carbocycles. The van der Waals surface area contributed by atoms with Gasteiger partial charge >= 0.3 is 0 Å². The number of terminal acetylenes is 1. The van der Waals surface area contributed by atoms with E-state index >= 15 is 0 Å². The van der Waals surface area contributed by atoms with E-state index in [4.69, 9.17) is 6.42 Å². The van der Waals surface area contributed by atoms with E-state index in [0.717, 1.165) is 6.54 Å². The van der Waals surface area contributed by atoms with Crippen LogP contribution in [0.15, 0.2) is 0 Å². The second kappa shape index (κ2) is 14.8. The second-order valence-electron chi connectivity index (χ2n) is 8.18. The molecule has 0 spiro atoms. The lowest BCUT2D eigenvalue weighted by atomic mass is 10.0. The van der Waals surface area contributed by atoms with Crippen LogP contribution in [0, 0.1) is 12.3 Å². The van der Waals surface area contributed by atoms with Crippen LogP contribution in [0.3, 0.4) is 0 Å². The Kier molecular flexibility index (Phi) is 13.3. The highest BCUT2D eigenvalue weighted by Gasteiger charge is 2.29. The Bertz CT molecular complexity index is 308. The van der Waals surface area contributed by atoms with Crippen molar-refractivity contribution >= 4 is 0 Å². The summed E-state index contributed by atoms with van der Waals surface area (Å²) in [5.74, 6) is 2.92. The van der Waals surface area contributed by atoms with Gasteiger partial charge in [0.1, 0.15) is 6.54 Å². The average Bonchev–Trinajstić information content (AvgIpc) is 3.04. The van der Waals surface area contributed by atoms with Gasteiger partial charge in [-0.2, -0.15) is 0 Å². The maximum atomic E-state index is 5.58. The molecule has 1 aliphatic heterocycles. The summed E-state index contributed by atoms with van der Waals surface area (Å²) in [6.45, 7) is 7.27. The summed E-state index contributed by atoms with van der Waals surface area (Å²) in [7, 11) is 0. The van der Waals surface area contributed by atoms with Crippen molar-refractivity contribution in [2.24, 2.45) is 0 Å². The first-order valence-corrected chi connectivity index (χ1v) is 11.1. The predicted octanol–water partition coefficient (Wildman–Crippen LogP) is 6.71. The Hall–Kier alpha value is -0.480. The van der Waals surface area contributed by atoms with Crippen LogP contribution < -0.4 is 0 Å². The zero-order valence-corrected chi connectivity index (χ0v) is 16.7. The van der Waals surface area contributed by atoms with Gasteiger partial charge in [-0.1, -0.05) is 84.0 Å². The Morgan fingerprint density at radius 2 is 1.08 bits per heavy atom. The molecule has 1 nitrogen and oxygen atoms in total. The monoisotopic (exact) mass is 334 g/mol. The van der Waals surface area contributed by atoms with Gasteiger partial charge in [-0.3, -0.25) is 0 Å². The molecule has 140 valence electrons. The quantitative estimate of drug-likeness (QED) is 0.167. The van der Waals surface area contributed by atoms with Gasteiger partial charge in [-0.15, -0.1) is 6.42 Å². The number of quaternary nitrogens is 1. The molecule has 0 amide bonds. The van der Waals surface area contributed by atoms with E-state index in [1.807, 2.05) is 0 Å². The van der Waals surface area contributed by atoms with Crippen LogP contribution in [-0.4, -0.2) is 30.7 Å². The van der Waals surface area contributed by atoms with Gasteiger partial charge in [0.25, 0.3) is 0 Å². The molecule has 0 aromatic heterocycles. The molecule has 1 heteroatoms. The summed E-state index contributed by atoms with van der Waals surface area (Å²) >= 11 is 0. The van der Waals surface area contributed by atoms with Crippen LogP contribution in [0.25, 0.3) is 0 Å². The molecule has 1 fully saturated rings. The van der Waals surface area contributed by atoms with Crippen LogP contribution in [0.5, 0.6) is 0 Å². The van der Waals surface area contributed by atoms with Crippen LogP contribution in [0.1, 0.15) is 110 Å². The smallest absolute Gasteiger partial charge is 0.140 e. The van der Waals surface area contributed by atoms with Crippen molar-refractivity contribution in [3.8, 4) is 12.3 Å². The van der Waals surface area contributed by atoms with Gasteiger partial charge in [0.2, 0.25) is 0 Å². The summed E-state index contributed by atoms with van der Waals surface area (Å²) in [6.07, 6.45) is 28.6. The lowest BCUT2D eigenvalue weighted by molar-refractivity contribution is -0.910. The molecule has 0 aromatic rings. The fraction of sp³-hybridized carbons (Fsp3) is 0.913. The minimum absolute atomic E-state index is 0.971. The van der Waals surface area contributed by atoms with E-state index in [2.05, 4.69) is 12.8 Å². The molecule has 1 aliphatic rings. The molecule has 0 saturated carbocycles. The maximum absolute atomic E-state index is 5.58. The zero-order valence-electron chi connectivity index (χ0n) is 16.7. The average molecular weight is 335 g/mol. The summed E-state index contributed by atoms with van der Waals surface area (Å²) in [6, 6.07) is 0. The molecule has 0 atom stereocenters. The minimum atomic E-state index is 0.971. The highest BCUT2D eigenvalue weighted by atomic mass is 15.4. The van der Waals surface area contributed by atoms with Crippen molar-refractivity contribution < 1.29 is 4.48 Å². The van der Waals surface area contributed by atoms with Gasteiger partial charge < -0.3 is 4.48 Å². The lowest BCUT2D eigenvalue weighted by Crippen LogP contribution is -2.46. The third kappa shape index (κ3) is 10.4. The maximum Gasteiger partial charge on any atom is 0.140 e. The van der Waals surface area contributed by atoms with E-state index in [-0.39, 0.29) is 0 Å². The fourth-order valence-corrected chi connectivity index (χ4v) is 4.30. The Morgan fingerprint density at radius 3 is 1.50 bits per heavy atom. The Labute approximate surface area is 153 Å². The van der Waals surface area contributed by atoms with E-state index in [9.17, 15) is 0 Å². The van der Waals surface area contributed by atoms with Crippen molar-refractivity contribution in [2.75, 3.05) is 26.2 Å². The first kappa shape index (κ1) is 21.6. The van der Waals surface area contributed by atoms with Crippen molar-refractivity contribution in [3.05, 3.63) is 0 Å². The summed E-state index contributed by atoms with van der Waals surface area (Å²) in [4.78, 5) is 0. The van der Waals surface area contributed by atoms with Crippen molar-refractivity contribution in [3.63, 3.8) is 0 Å². The summed E-state index contributed by atoms with van der Waals surface area (Å²) in [5.41, 5.74) is 0. The Balaban J connectivity index is 1.81. The van der Waals surface area contributed by atoms with Gasteiger partial charge in [0.15, 0.2) is 0 Å². The second-order valence-corrected chi connectivity index (χ2v) is 8.18. The van der Waals surface area contributed by atoms with Crippen LogP contribution >= 0.6 is 0 Å². The molecule has 1 saturated heterocycles. The molecule has 0 bridgehead atoms. The number of hydrogen-bond donors (Lipinski definition) is 0. The largest absolute Gasteiger partial charge is 0.314 e. The Morgan fingerprint density at radius 1 is 0.667 bits per heavy atom. The van der Waals surface area contributed by atoms with Crippen LogP contribution in [-0.2, 0) is 0 Å². The summed E-state index contributed by atoms with van der Waals surface area (Å²) < 4.78 is 1.23. The number of hydrogen-bond acceptors (Lipinski definition) is 0. The molecular formula is C23H44N+. The van der Waals surface area contributed by atoms with Gasteiger partial charge in [-0.25, -0.2) is 0 Å². The highest BCUT2D eigenvalue weighted by Crippen LogP contribution is 2.21. The third-order valence-corrected chi connectivity index (χ3v) is 5.93. The lowest BCUT2D eigenvalue weighted by Gasteiger charge is -2.32. The van der Waals surface area contributed by atoms with Gasteiger partial charge in [-0.05, 0) is 18.8 Å². The molecule has 1 rings (SSSR count). The van der Waals surface area contributed by atoms with E-state index in [1.54, 1.807) is 0 Å². The number of likely N-dealkylation sites (tertiary alicyclic amines) is 1. The van der Waals surface area contributed by atoms with E-state index in [1.165, 1.54) is 127 Å². The summed E-state index contributed by atoms with van der Waals surface area (Å²) in [5, 5.41) is 0. The molecule has 0 N–H and O–H groups in total. The molecule has 0 aromatic carbocycles. The molecule has 0 radical (unpaired) electrons. The zero-order chi connectivity index (χ0) is 17.3. The fourth-order valence-electron chi connectivity index (χ4n) is 4.30. The number of rotatable bonds is 16. The standard InChI is InChI=1S/C23H44N/c1-3-5-6-7-8-9-10-11-12-13-14-15-16-17-21-24(20-4-2)22-18-19-23-24/h2H,3,5-23H2,1H3/q+1. The van der Waals surface area contributed by atoms with Crippen LogP contribution in [0.2, 0.25) is 0 Å². The number of unbranched alkanes of at least 4 members (excludes halogenated alkanes) is 13. The molecule has 0 unspecified atom stereocenters. The third-order valence-electron chi connectivity index (χ3n) is 5.93. The van der Waals surface area contributed by atoms with Crippen molar-refractivity contribution in [1.29, 1.82) is 0 Å². The predicted molar refractivity (Wildman–Crippen MR) is 108 cm³/mol.